The molecule has 25 heavy (non-hydrogen) atoms. The number of aryl methyl sites for hydroxylation is 2. The molecular weight excluding hydrogens is 317 g/mol. The van der Waals surface area contributed by atoms with E-state index < -0.39 is 0 Å². The lowest BCUT2D eigenvalue weighted by atomic mass is 10.1. The second-order valence-corrected chi connectivity index (χ2v) is 5.91. The fraction of sp³-hybridized carbons (Fsp3) is 0.200. The van der Waals surface area contributed by atoms with E-state index in [0.29, 0.717) is 17.0 Å². The van der Waals surface area contributed by atoms with E-state index in [0.717, 1.165) is 23.4 Å². The van der Waals surface area contributed by atoms with E-state index in [1.54, 1.807) is 12.1 Å². The van der Waals surface area contributed by atoms with Crippen molar-refractivity contribution in [3.05, 3.63) is 81.5 Å². The third-order valence-corrected chi connectivity index (χ3v) is 4.18. The first-order valence-electron chi connectivity index (χ1n) is 8.22. The molecule has 4 nitrogen and oxygen atoms in total. The maximum Gasteiger partial charge on any atom is 0.280 e. The minimum absolute atomic E-state index is 0.195. The largest absolute Gasteiger partial charge is 0.295 e. The topological polar surface area (TPSA) is 50.1 Å². The van der Waals surface area contributed by atoms with Crippen molar-refractivity contribution in [2.45, 2.75) is 27.2 Å². The Morgan fingerprint density at radius 3 is 2.52 bits per heavy atom. The Morgan fingerprint density at radius 1 is 1.16 bits per heavy atom. The highest BCUT2D eigenvalue weighted by Gasteiger charge is 2.15. The molecule has 0 amide bonds. The number of para-hydroxylation sites is 1. The number of halogens is 1. The number of hydrogen-bond acceptors (Lipinski definition) is 2. The van der Waals surface area contributed by atoms with Crippen LogP contribution < -0.4 is 5.56 Å². The van der Waals surface area contributed by atoms with Gasteiger partial charge in [0.25, 0.3) is 5.56 Å². The van der Waals surface area contributed by atoms with Gasteiger partial charge in [-0.3, -0.25) is 14.9 Å². The van der Waals surface area contributed by atoms with E-state index in [2.05, 4.69) is 17.0 Å². The highest BCUT2D eigenvalue weighted by atomic mass is 19.1. The molecule has 0 atom stereocenters. The van der Waals surface area contributed by atoms with Crippen LogP contribution in [0.2, 0.25) is 0 Å². The van der Waals surface area contributed by atoms with Crippen molar-refractivity contribution in [1.82, 2.24) is 9.78 Å². The first-order valence-corrected chi connectivity index (χ1v) is 8.22. The molecule has 5 heteroatoms. The highest BCUT2D eigenvalue weighted by molar-refractivity contribution is 6.01. The Bertz CT molecular complexity index is 981. The molecule has 2 aromatic carbocycles. The Balaban J connectivity index is 2.07. The second-order valence-electron chi connectivity index (χ2n) is 5.91. The maximum atomic E-state index is 13.1. The summed E-state index contributed by atoms with van der Waals surface area (Å²) in [5, 5.41) is 3.04. The zero-order valence-corrected chi connectivity index (χ0v) is 14.5. The summed E-state index contributed by atoms with van der Waals surface area (Å²) in [6.07, 6.45) is 0.874. The smallest absolute Gasteiger partial charge is 0.280 e. The van der Waals surface area contributed by atoms with Gasteiger partial charge < -0.3 is 0 Å². The van der Waals surface area contributed by atoms with Gasteiger partial charge in [-0.1, -0.05) is 25.1 Å². The van der Waals surface area contributed by atoms with Gasteiger partial charge in [0.2, 0.25) is 0 Å². The Morgan fingerprint density at radius 2 is 1.84 bits per heavy atom. The number of nitrogens with zero attached hydrogens (tertiary/aromatic N) is 2. The zero-order valence-electron chi connectivity index (χ0n) is 14.5. The number of benzene rings is 2. The second kappa shape index (κ2) is 6.89. The fourth-order valence-corrected chi connectivity index (χ4v) is 2.90. The third kappa shape index (κ3) is 3.31. The van der Waals surface area contributed by atoms with E-state index in [4.69, 9.17) is 0 Å². The van der Waals surface area contributed by atoms with E-state index >= 15 is 0 Å². The van der Waals surface area contributed by atoms with Gasteiger partial charge in [-0.25, -0.2) is 9.07 Å². The van der Waals surface area contributed by atoms with Crippen molar-refractivity contribution < 1.29 is 4.39 Å². The summed E-state index contributed by atoms with van der Waals surface area (Å²) < 4.78 is 14.5. The number of aromatic amines is 1. The van der Waals surface area contributed by atoms with Gasteiger partial charge in [0.15, 0.2) is 0 Å². The van der Waals surface area contributed by atoms with Crippen molar-refractivity contribution in [2.75, 3.05) is 0 Å². The molecular formula is C20H20FN3O. The van der Waals surface area contributed by atoms with Crippen molar-refractivity contribution in [1.29, 1.82) is 0 Å². The van der Waals surface area contributed by atoms with Crippen molar-refractivity contribution in [2.24, 2.45) is 4.99 Å². The Kier molecular flexibility index (Phi) is 4.65. The number of aliphatic imine (C=N–C) groups is 1. The molecule has 1 heterocycles. The predicted molar refractivity (Wildman–Crippen MR) is 98.8 cm³/mol. The fourth-order valence-electron chi connectivity index (χ4n) is 2.90. The number of nitrogens with one attached hydrogen (secondary N) is 1. The molecule has 0 bridgehead atoms. The summed E-state index contributed by atoms with van der Waals surface area (Å²) in [7, 11) is 0. The molecule has 0 aliphatic carbocycles. The molecule has 1 aromatic heterocycles. The van der Waals surface area contributed by atoms with Gasteiger partial charge in [0.05, 0.1) is 22.6 Å². The van der Waals surface area contributed by atoms with Crippen LogP contribution in [0.4, 0.5) is 10.1 Å². The van der Waals surface area contributed by atoms with Gasteiger partial charge in [-0.2, -0.15) is 0 Å². The Labute approximate surface area is 145 Å². The molecule has 1 N–H and O–H groups in total. The lowest BCUT2D eigenvalue weighted by Crippen LogP contribution is -2.19. The normalized spacial score (nSPS) is 11.8. The third-order valence-electron chi connectivity index (χ3n) is 4.18. The van der Waals surface area contributed by atoms with Crippen LogP contribution in [0.1, 0.15) is 30.7 Å². The molecule has 0 radical (unpaired) electrons. The SMILES string of the molecule is CCc1ccccc1N=C(C)c1c(C)[nH]n(-c2ccc(F)cc2)c1=O. The van der Waals surface area contributed by atoms with Crippen LogP contribution in [0.3, 0.4) is 0 Å². The molecule has 0 fully saturated rings. The van der Waals surface area contributed by atoms with Crippen LogP contribution in [0.5, 0.6) is 0 Å². The predicted octanol–water partition coefficient (Wildman–Crippen LogP) is 4.32. The lowest BCUT2D eigenvalue weighted by molar-refractivity contribution is 0.627. The first kappa shape index (κ1) is 16.9. The van der Waals surface area contributed by atoms with Crippen LogP contribution in [0, 0.1) is 12.7 Å². The van der Waals surface area contributed by atoms with Crippen LogP contribution in [-0.2, 0) is 6.42 Å². The van der Waals surface area contributed by atoms with Gasteiger partial charge in [-0.05, 0) is 56.2 Å². The van der Waals surface area contributed by atoms with Crippen molar-refractivity contribution >= 4 is 11.4 Å². The highest BCUT2D eigenvalue weighted by Crippen LogP contribution is 2.20. The van der Waals surface area contributed by atoms with E-state index in [9.17, 15) is 9.18 Å². The number of hydrogen-bond donors (Lipinski definition) is 1. The monoisotopic (exact) mass is 337 g/mol. The molecule has 128 valence electrons. The molecule has 0 aliphatic rings. The number of H-pyrrole nitrogens is 1. The summed E-state index contributed by atoms with van der Waals surface area (Å²) >= 11 is 0. The van der Waals surface area contributed by atoms with Crippen molar-refractivity contribution in [3.63, 3.8) is 0 Å². The van der Waals surface area contributed by atoms with Gasteiger partial charge in [-0.15, -0.1) is 0 Å². The summed E-state index contributed by atoms with van der Waals surface area (Å²) in [4.78, 5) is 17.5. The average Bonchev–Trinajstić information content (AvgIpc) is 2.90. The minimum atomic E-state index is -0.339. The quantitative estimate of drug-likeness (QED) is 0.708. The van der Waals surface area contributed by atoms with Crippen molar-refractivity contribution in [3.8, 4) is 5.69 Å². The van der Waals surface area contributed by atoms with Crippen LogP contribution >= 0.6 is 0 Å². The maximum absolute atomic E-state index is 13.1. The summed E-state index contributed by atoms with van der Waals surface area (Å²) in [5.41, 5.74) is 4.31. The summed E-state index contributed by atoms with van der Waals surface area (Å²) in [6.45, 7) is 5.74. The van der Waals surface area contributed by atoms with Gasteiger partial charge >= 0.3 is 0 Å². The summed E-state index contributed by atoms with van der Waals surface area (Å²) in [5.74, 6) is -0.339. The van der Waals surface area contributed by atoms with E-state index in [-0.39, 0.29) is 11.4 Å². The van der Waals surface area contributed by atoms with E-state index in [1.165, 1.54) is 16.8 Å². The molecule has 3 rings (SSSR count). The number of rotatable bonds is 4. The van der Waals surface area contributed by atoms with Gasteiger partial charge in [0.1, 0.15) is 5.82 Å². The van der Waals surface area contributed by atoms with Crippen LogP contribution in [-0.4, -0.2) is 15.5 Å². The standard InChI is InChI=1S/C20H20FN3O/c1-4-15-7-5-6-8-18(15)22-13(2)19-14(3)23-24(20(19)25)17-11-9-16(21)10-12-17/h5-12,23H,4H2,1-3H3. The molecule has 0 aliphatic heterocycles. The lowest BCUT2D eigenvalue weighted by Gasteiger charge is -2.04. The summed E-state index contributed by atoms with van der Waals surface area (Å²) in [6, 6.07) is 13.7. The molecule has 0 saturated heterocycles. The minimum Gasteiger partial charge on any atom is -0.295 e. The molecule has 0 spiro atoms. The van der Waals surface area contributed by atoms with Crippen LogP contribution in [0.25, 0.3) is 5.69 Å². The zero-order chi connectivity index (χ0) is 18.0. The number of aromatic nitrogens is 2. The van der Waals surface area contributed by atoms with Gasteiger partial charge in [0, 0.05) is 5.69 Å². The average molecular weight is 337 g/mol. The van der Waals surface area contributed by atoms with E-state index in [1.807, 2.05) is 38.1 Å². The first-order chi connectivity index (χ1) is 12.0. The molecule has 0 saturated carbocycles. The molecule has 0 unspecified atom stereocenters. The Hall–Kier alpha value is -2.95. The van der Waals surface area contributed by atoms with Crippen LogP contribution in [0.15, 0.2) is 58.3 Å². The molecule has 3 aromatic rings.